The maximum absolute atomic E-state index is 10.8. The SMILES string of the molecule is CN(C)c1ccc2cc(S(=O)[O-])ccc2c1. The Bertz CT molecular complexity index is 552. The summed E-state index contributed by atoms with van der Waals surface area (Å²) in [5.41, 5.74) is 1.10. The van der Waals surface area contributed by atoms with Crippen LogP contribution in [0.2, 0.25) is 0 Å². The molecule has 84 valence electrons. The lowest BCUT2D eigenvalue weighted by Gasteiger charge is -2.13. The van der Waals surface area contributed by atoms with Gasteiger partial charge in [-0.2, -0.15) is 0 Å². The van der Waals surface area contributed by atoms with Gasteiger partial charge in [-0.1, -0.05) is 12.1 Å². The zero-order valence-corrected chi connectivity index (χ0v) is 9.95. The summed E-state index contributed by atoms with van der Waals surface area (Å²) in [4.78, 5) is 2.34. The molecular formula is C12H12NO2S-. The second-order valence-electron chi connectivity index (χ2n) is 3.82. The minimum Gasteiger partial charge on any atom is -0.768 e. The fraction of sp³-hybridized carbons (Fsp3) is 0.167. The molecule has 0 bridgehead atoms. The van der Waals surface area contributed by atoms with Gasteiger partial charge in [0.05, 0.1) is 0 Å². The van der Waals surface area contributed by atoms with Crippen LogP contribution < -0.4 is 4.90 Å². The van der Waals surface area contributed by atoms with E-state index >= 15 is 0 Å². The summed E-state index contributed by atoms with van der Waals surface area (Å²) in [7, 11) is 3.95. The number of hydrogen-bond acceptors (Lipinski definition) is 3. The molecule has 0 saturated heterocycles. The molecular weight excluding hydrogens is 222 g/mol. The summed E-state index contributed by atoms with van der Waals surface area (Å²) >= 11 is -2.16. The highest BCUT2D eigenvalue weighted by atomic mass is 32.2. The summed E-state index contributed by atoms with van der Waals surface area (Å²) < 4.78 is 21.6. The average Bonchev–Trinajstić information content (AvgIpc) is 2.27. The third-order valence-corrected chi connectivity index (χ3v) is 3.14. The molecule has 0 aliphatic heterocycles. The Hall–Kier alpha value is -1.39. The predicted octanol–water partition coefficient (Wildman–Crippen LogP) is 2.14. The van der Waals surface area contributed by atoms with E-state index in [1.807, 2.05) is 43.3 Å². The Labute approximate surface area is 97.0 Å². The van der Waals surface area contributed by atoms with Crippen molar-refractivity contribution in [3.8, 4) is 0 Å². The molecule has 0 saturated carbocycles. The number of nitrogens with zero attached hydrogens (tertiary/aromatic N) is 1. The highest BCUT2D eigenvalue weighted by Gasteiger charge is 2.00. The number of rotatable bonds is 2. The van der Waals surface area contributed by atoms with Gasteiger partial charge in [-0.05, 0) is 46.1 Å². The van der Waals surface area contributed by atoms with Crippen LogP contribution in [-0.4, -0.2) is 22.9 Å². The summed E-state index contributed by atoms with van der Waals surface area (Å²) in [6, 6.07) is 11.1. The molecule has 4 heteroatoms. The van der Waals surface area contributed by atoms with E-state index in [9.17, 15) is 8.76 Å². The van der Waals surface area contributed by atoms with Gasteiger partial charge in [-0.15, -0.1) is 0 Å². The van der Waals surface area contributed by atoms with Crippen molar-refractivity contribution < 1.29 is 8.76 Å². The summed E-state index contributed by atoms with van der Waals surface area (Å²) in [6.07, 6.45) is 0. The first-order chi connectivity index (χ1) is 7.58. The van der Waals surface area contributed by atoms with Crippen LogP contribution >= 0.6 is 0 Å². The molecule has 0 spiro atoms. The summed E-state index contributed by atoms with van der Waals surface area (Å²) in [5, 5.41) is 1.98. The molecule has 0 heterocycles. The van der Waals surface area contributed by atoms with Gasteiger partial charge in [0.25, 0.3) is 0 Å². The lowest BCUT2D eigenvalue weighted by Crippen LogP contribution is -2.08. The van der Waals surface area contributed by atoms with Crippen molar-refractivity contribution in [2.24, 2.45) is 0 Å². The zero-order chi connectivity index (χ0) is 11.7. The van der Waals surface area contributed by atoms with E-state index in [1.165, 1.54) is 0 Å². The molecule has 2 rings (SSSR count). The first-order valence-electron chi connectivity index (χ1n) is 4.88. The molecule has 1 unspecified atom stereocenters. The fourth-order valence-corrected chi connectivity index (χ4v) is 2.00. The normalized spacial score (nSPS) is 12.7. The Morgan fingerprint density at radius 1 is 1.06 bits per heavy atom. The van der Waals surface area contributed by atoms with Gasteiger partial charge in [-0.25, -0.2) is 0 Å². The van der Waals surface area contributed by atoms with Crippen molar-refractivity contribution in [3.63, 3.8) is 0 Å². The molecule has 0 radical (unpaired) electrons. The van der Waals surface area contributed by atoms with Gasteiger partial charge < -0.3 is 9.45 Å². The summed E-state index contributed by atoms with van der Waals surface area (Å²) in [6.45, 7) is 0. The smallest absolute Gasteiger partial charge is 0.0367 e. The molecule has 1 atom stereocenters. The van der Waals surface area contributed by atoms with Gasteiger partial charge >= 0.3 is 0 Å². The molecule has 2 aromatic carbocycles. The van der Waals surface area contributed by atoms with E-state index in [-0.39, 0.29) is 0 Å². The molecule has 16 heavy (non-hydrogen) atoms. The van der Waals surface area contributed by atoms with Crippen molar-refractivity contribution in [3.05, 3.63) is 36.4 Å². The minimum absolute atomic E-state index is 0.324. The third kappa shape index (κ3) is 2.08. The average molecular weight is 234 g/mol. The van der Waals surface area contributed by atoms with E-state index in [0.717, 1.165) is 16.5 Å². The zero-order valence-electron chi connectivity index (χ0n) is 9.14. The Morgan fingerprint density at radius 2 is 1.69 bits per heavy atom. The van der Waals surface area contributed by atoms with Gasteiger partial charge in [0.1, 0.15) is 0 Å². The largest absolute Gasteiger partial charge is 0.768 e. The van der Waals surface area contributed by atoms with Crippen molar-refractivity contribution in [1.82, 2.24) is 0 Å². The number of fused-ring (bicyclic) bond motifs is 1. The lowest BCUT2D eigenvalue weighted by atomic mass is 10.1. The van der Waals surface area contributed by atoms with Gasteiger partial charge in [0.15, 0.2) is 0 Å². The molecule has 0 amide bonds. The van der Waals surface area contributed by atoms with Crippen LogP contribution in [0.1, 0.15) is 0 Å². The lowest BCUT2D eigenvalue weighted by molar-refractivity contribution is 0.537. The summed E-state index contributed by atoms with van der Waals surface area (Å²) in [5.74, 6) is 0. The maximum Gasteiger partial charge on any atom is 0.0367 e. The van der Waals surface area contributed by atoms with Crippen LogP contribution in [0, 0.1) is 0 Å². The van der Waals surface area contributed by atoms with Gasteiger partial charge in [0, 0.05) is 24.7 Å². The van der Waals surface area contributed by atoms with E-state index in [4.69, 9.17) is 0 Å². The van der Waals surface area contributed by atoms with E-state index < -0.39 is 11.1 Å². The highest BCUT2D eigenvalue weighted by Crippen LogP contribution is 2.22. The Kier molecular flexibility index (Phi) is 2.94. The van der Waals surface area contributed by atoms with E-state index in [2.05, 4.69) is 0 Å². The molecule has 3 nitrogen and oxygen atoms in total. The standard InChI is InChI=1S/C12H13NO2S/c1-13(2)11-5-3-10-8-12(16(14)15)6-4-9(10)7-11/h3-8H,1-2H3,(H,14,15)/p-1. The van der Waals surface area contributed by atoms with Crippen LogP contribution in [0.15, 0.2) is 41.3 Å². The molecule has 0 aliphatic rings. The topological polar surface area (TPSA) is 43.4 Å². The van der Waals surface area contributed by atoms with Crippen molar-refractivity contribution in [2.75, 3.05) is 19.0 Å². The predicted molar refractivity (Wildman–Crippen MR) is 65.5 cm³/mol. The number of anilines is 1. The van der Waals surface area contributed by atoms with E-state index in [1.54, 1.807) is 12.1 Å². The Morgan fingerprint density at radius 3 is 2.31 bits per heavy atom. The second-order valence-corrected chi connectivity index (χ2v) is 4.76. The molecule has 0 N–H and O–H groups in total. The van der Waals surface area contributed by atoms with Crippen LogP contribution in [0.3, 0.4) is 0 Å². The first kappa shape index (κ1) is 11.1. The first-order valence-corrected chi connectivity index (χ1v) is 5.96. The van der Waals surface area contributed by atoms with Crippen LogP contribution in [0.25, 0.3) is 10.8 Å². The fourth-order valence-electron chi connectivity index (χ4n) is 1.59. The number of hydrogen-bond donors (Lipinski definition) is 0. The van der Waals surface area contributed by atoms with Crippen molar-refractivity contribution >= 4 is 27.5 Å². The van der Waals surface area contributed by atoms with E-state index in [0.29, 0.717) is 4.90 Å². The molecule has 0 fully saturated rings. The van der Waals surface area contributed by atoms with Gasteiger partial charge in [0.2, 0.25) is 0 Å². The third-order valence-electron chi connectivity index (χ3n) is 2.50. The van der Waals surface area contributed by atoms with Crippen molar-refractivity contribution in [2.45, 2.75) is 4.90 Å². The maximum atomic E-state index is 10.8. The monoisotopic (exact) mass is 234 g/mol. The van der Waals surface area contributed by atoms with Crippen LogP contribution in [0.5, 0.6) is 0 Å². The second kappa shape index (κ2) is 4.23. The van der Waals surface area contributed by atoms with Crippen LogP contribution in [0.4, 0.5) is 5.69 Å². The molecule has 2 aromatic rings. The van der Waals surface area contributed by atoms with Gasteiger partial charge in [-0.3, -0.25) is 4.21 Å². The quantitative estimate of drug-likeness (QED) is 0.748. The minimum atomic E-state index is -2.16. The molecule has 0 aromatic heterocycles. The number of benzene rings is 2. The van der Waals surface area contributed by atoms with Crippen LogP contribution in [-0.2, 0) is 11.1 Å². The highest BCUT2D eigenvalue weighted by molar-refractivity contribution is 7.79. The molecule has 0 aliphatic carbocycles. The van der Waals surface area contributed by atoms with Crippen molar-refractivity contribution in [1.29, 1.82) is 0 Å². The Balaban J connectivity index is 2.57.